The number of nitrogens with one attached hydrogen (secondary N) is 1. The Labute approximate surface area is 218 Å². The average molecular weight is 542 g/mol. The van der Waals surface area contributed by atoms with Crippen LogP contribution in [0.15, 0.2) is 47.5 Å². The number of methoxy groups -OCH3 is 1. The number of hydrogen-bond acceptors (Lipinski definition) is 8. The summed E-state index contributed by atoms with van der Waals surface area (Å²) >= 11 is 1.31. The normalized spacial score (nSPS) is 14.5. The van der Waals surface area contributed by atoms with Gasteiger partial charge >= 0.3 is 11.9 Å². The number of nitrogens with zero attached hydrogens (tertiary/aromatic N) is 6. The Morgan fingerprint density at radius 3 is 2.55 bits per heavy atom. The maximum Gasteiger partial charge on any atom is 0.418 e. The van der Waals surface area contributed by atoms with Gasteiger partial charge in [-0.3, -0.25) is 9.13 Å². The van der Waals surface area contributed by atoms with E-state index in [0.29, 0.717) is 58.4 Å². The molecule has 0 spiro atoms. The van der Waals surface area contributed by atoms with Gasteiger partial charge in [0.05, 0.1) is 30.1 Å². The van der Waals surface area contributed by atoms with Gasteiger partial charge in [0.15, 0.2) is 0 Å². The first-order valence-electron chi connectivity index (χ1n) is 11.8. The van der Waals surface area contributed by atoms with Crippen LogP contribution in [0.1, 0.15) is 5.56 Å². The van der Waals surface area contributed by atoms with E-state index in [-0.39, 0.29) is 11.4 Å². The predicted molar refractivity (Wildman–Crippen MR) is 139 cm³/mol. The number of benzene rings is 1. The number of anilines is 1. The van der Waals surface area contributed by atoms with E-state index in [1.807, 2.05) is 6.07 Å². The highest BCUT2D eigenvalue weighted by Gasteiger charge is 2.36. The molecule has 0 saturated carbocycles. The maximum atomic E-state index is 14.2. The third-order valence-electron chi connectivity index (χ3n) is 6.64. The van der Waals surface area contributed by atoms with Crippen LogP contribution in [0.4, 0.5) is 18.9 Å². The topological polar surface area (TPSA) is 90.1 Å². The molecule has 4 aromatic heterocycles. The number of piperazine rings is 1. The number of imidazole rings is 1. The Balaban J connectivity index is 1.56. The number of fused-ring (bicyclic) bond motifs is 3. The molecular weight excluding hydrogens is 519 g/mol. The van der Waals surface area contributed by atoms with E-state index in [9.17, 15) is 18.0 Å². The molecule has 0 atom stereocenters. The standard InChI is InChI=1S/C25H22F3N7O2S/c1-33-18-13-31-23-20(32-22(38-23)14-3-6-19(37-2)30-12-14)21(18)35(24(33)36)15-4-5-17(16(11-15)25(26,27)28)34-9-7-29-8-10-34/h3-6,11-13,29H,7-10H2,1-2H3. The van der Waals surface area contributed by atoms with Crippen LogP contribution in [0.3, 0.4) is 0 Å². The quantitative estimate of drug-likeness (QED) is 0.370. The monoisotopic (exact) mass is 541 g/mol. The van der Waals surface area contributed by atoms with E-state index in [1.165, 1.54) is 33.6 Å². The van der Waals surface area contributed by atoms with Crippen LogP contribution in [0.2, 0.25) is 0 Å². The zero-order chi connectivity index (χ0) is 26.6. The summed E-state index contributed by atoms with van der Waals surface area (Å²) in [6.45, 7) is 2.13. The third-order valence-corrected chi connectivity index (χ3v) is 7.65. The molecule has 1 N–H and O–H groups in total. The molecule has 1 saturated heterocycles. The van der Waals surface area contributed by atoms with Crippen LogP contribution in [-0.4, -0.2) is 57.4 Å². The second kappa shape index (κ2) is 9.10. The molecule has 5 aromatic rings. The van der Waals surface area contributed by atoms with Crippen LogP contribution in [0.25, 0.3) is 37.6 Å². The number of hydrogen-bond donors (Lipinski definition) is 1. The third kappa shape index (κ3) is 3.98. The summed E-state index contributed by atoms with van der Waals surface area (Å²) in [6.07, 6.45) is -1.43. The van der Waals surface area contributed by atoms with Gasteiger partial charge in [-0.2, -0.15) is 13.2 Å². The van der Waals surface area contributed by atoms with E-state index in [2.05, 4.69) is 15.3 Å². The minimum Gasteiger partial charge on any atom is -0.481 e. The lowest BCUT2D eigenvalue weighted by Crippen LogP contribution is -2.44. The first kappa shape index (κ1) is 24.4. The van der Waals surface area contributed by atoms with Crippen LogP contribution < -0.4 is 20.6 Å². The van der Waals surface area contributed by atoms with Crippen molar-refractivity contribution in [3.63, 3.8) is 0 Å². The first-order chi connectivity index (χ1) is 18.3. The first-order valence-corrected chi connectivity index (χ1v) is 12.6. The fraction of sp³-hybridized carbons (Fsp3) is 0.280. The van der Waals surface area contributed by atoms with Gasteiger partial charge < -0.3 is 15.0 Å². The molecule has 196 valence electrons. The van der Waals surface area contributed by atoms with Crippen LogP contribution in [-0.2, 0) is 13.2 Å². The van der Waals surface area contributed by atoms with Gasteiger partial charge in [0.25, 0.3) is 0 Å². The average Bonchev–Trinajstić information content (AvgIpc) is 3.47. The molecule has 0 unspecified atom stereocenters. The van der Waals surface area contributed by atoms with E-state index in [4.69, 9.17) is 9.72 Å². The van der Waals surface area contributed by atoms with E-state index >= 15 is 0 Å². The second-order valence-electron chi connectivity index (χ2n) is 8.87. The number of ether oxygens (including phenoxy) is 1. The summed E-state index contributed by atoms with van der Waals surface area (Å²) in [7, 11) is 3.09. The van der Waals surface area contributed by atoms with Gasteiger partial charge in [0.2, 0.25) is 5.88 Å². The Bertz CT molecular complexity index is 1720. The molecule has 0 bridgehead atoms. The molecule has 13 heteroatoms. The Morgan fingerprint density at radius 1 is 1.08 bits per heavy atom. The Hall–Kier alpha value is -3.97. The van der Waals surface area contributed by atoms with E-state index in [0.717, 1.165) is 11.6 Å². The SMILES string of the molecule is COc1ccc(-c2nc3c(ncc4c3n(-c3ccc(N5CCNCC5)c(C(F)(F)F)c3)c(=O)n4C)s2)cn1. The largest absolute Gasteiger partial charge is 0.481 e. The Kier molecular flexibility index (Phi) is 5.83. The van der Waals surface area contributed by atoms with Crippen molar-refractivity contribution in [2.24, 2.45) is 7.05 Å². The van der Waals surface area contributed by atoms with Crippen molar-refractivity contribution in [2.45, 2.75) is 6.18 Å². The summed E-state index contributed by atoms with van der Waals surface area (Å²) in [4.78, 5) is 29.1. The van der Waals surface area contributed by atoms with Gasteiger partial charge in [-0.1, -0.05) is 11.3 Å². The molecule has 1 fully saturated rings. The lowest BCUT2D eigenvalue weighted by Gasteiger charge is -2.31. The highest BCUT2D eigenvalue weighted by molar-refractivity contribution is 7.21. The molecule has 0 aliphatic carbocycles. The molecular formula is C25H22F3N7O2S. The second-order valence-corrected chi connectivity index (χ2v) is 9.84. The zero-order valence-electron chi connectivity index (χ0n) is 20.4. The molecule has 1 aliphatic rings. The lowest BCUT2D eigenvalue weighted by molar-refractivity contribution is -0.137. The molecule has 5 heterocycles. The highest BCUT2D eigenvalue weighted by Crippen LogP contribution is 2.39. The Morgan fingerprint density at radius 2 is 1.87 bits per heavy atom. The lowest BCUT2D eigenvalue weighted by atomic mass is 10.1. The summed E-state index contributed by atoms with van der Waals surface area (Å²) < 4.78 is 50.5. The number of aryl methyl sites for hydroxylation is 1. The summed E-state index contributed by atoms with van der Waals surface area (Å²) in [5.41, 5.74) is 0.960. The molecule has 1 aliphatic heterocycles. The van der Waals surface area contributed by atoms with Gasteiger partial charge in [0.1, 0.15) is 20.9 Å². The smallest absolute Gasteiger partial charge is 0.418 e. The van der Waals surface area contributed by atoms with E-state index < -0.39 is 17.4 Å². The number of halogens is 3. The van der Waals surface area contributed by atoms with Crippen molar-refractivity contribution in [3.8, 4) is 22.1 Å². The highest BCUT2D eigenvalue weighted by atomic mass is 32.1. The summed E-state index contributed by atoms with van der Waals surface area (Å²) in [5, 5.41) is 3.77. The maximum absolute atomic E-state index is 14.2. The van der Waals surface area contributed by atoms with Crippen molar-refractivity contribution in [2.75, 3.05) is 38.2 Å². The number of rotatable bonds is 4. The number of aromatic nitrogens is 5. The molecule has 0 amide bonds. The summed E-state index contributed by atoms with van der Waals surface area (Å²) in [5.74, 6) is 0.456. The predicted octanol–water partition coefficient (Wildman–Crippen LogP) is 3.83. The molecule has 0 radical (unpaired) electrons. The van der Waals surface area contributed by atoms with Gasteiger partial charge in [0, 0.05) is 56.7 Å². The minimum atomic E-state index is -4.60. The van der Waals surface area contributed by atoms with Gasteiger partial charge in [-0.25, -0.2) is 19.7 Å². The van der Waals surface area contributed by atoms with Crippen molar-refractivity contribution < 1.29 is 17.9 Å². The number of pyridine rings is 2. The van der Waals surface area contributed by atoms with Crippen LogP contribution >= 0.6 is 11.3 Å². The van der Waals surface area contributed by atoms with Crippen molar-refractivity contribution >= 4 is 38.4 Å². The molecule has 38 heavy (non-hydrogen) atoms. The van der Waals surface area contributed by atoms with Crippen molar-refractivity contribution in [1.29, 1.82) is 0 Å². The molecule has 6 rings (SSSR count). The number of thiazole rings is 1. The number of alkyl halides is 3. The van der Waals surface area contributed by atoms with Crippen LogP contribution in [0, 0.1) is 0 Å². The summed E-state index contributed by atoms with van der Waals surface area (Å²) in [6, 6.07) is 7.57. The molecule has 1 aromatic carbocycles. The minimum absolute atomic E-state index is 0.103. The van der Waals surface area contributed by atoms with Crippen molar-refractivity contribution in [1.82, 2.24) is 29.4 Å². The van der Waals surface area contributed by atoms with Crippen molar-refractivity contribution in [3.05, 3.63) is 58.8 Å². The van der Waals surface area contributed by atoms with Gasteiger partial charge in [-0.15, -0.1) is 0 Å². The van der Waals surface area contributed by atoms with E-state index in [1.54, 1.807) is 36.5 Å². The van der Waals surface area contributed by atoms with Gasteiger partial charge in [-0.05, 0) is 24.3 Å². The zero-order valence-corrected chi connectivity index (χ0v) is 21.2. The molecule has 9 nitrogen and oxygen atoms in total. The van der Waals surface area contributed by atoms with Crippen LogP contribution in [0.5, 0.6) is 5.88 Å². The fourth-order valence-corrected chi connectivity index (χ4v) is 5.64. The fourth-order valence-electron chi connectivity index (χ4n) is 4.73.